The summed E-state index contributed by atoms with van der Waals surface area (Å²) in [5.41, 5.74) is 15.3. The molecular weight excluding hydrogens is 336 g/mol. The van der Waals surface area contributed by atoms with E-state index in [0.717, 1.165) is 19.5 Å². The van der Waals surface area contributed by atoms with Gasteiger partial charge in [0.1, 0.15) is 0 Å². The number of carbonyl (C=O) groups excluding carboxylic acids is 1. The van der Waals surface area contributed by atoms with Gasteiger partial charge < -0.3 is 10.6 Å². The number of likely N-dealkylation sites (tertiary alicyclic amines) is 1. The lowest BCUT2D eigenvalue weighted by Gasteiger charge is -2.38. The summed E-state index contributed by atoms with van der Waals surface area (Å²) in [6.07, 6.45) is 1.41. The van der Waals surface area contributed by atoms with Crippen LogP contribution in [-0.4, -0.2) is 42.5 Å². The fourth-order valence-corrected chi connectivity index (χ4v) is 4.60. The predicted octanol–water partition coefficient (Wildman–Crippen LogP) is 1.86. The average molecular weight is 364 g/mol. The number of piperidine rings is 1. The van der Waals surface area contributed by atoms with E-state index in [-0.39, 0.29) is 17.9 Å². The molecule has 1 amide bonds. The number of carbonyl (C=O) groups is 1. The molecule has 2 heterocycles. The van der Waals surface area contributed by atoms with Crippen molar-refractivity contribution in [3.63, 3.8) is 0 Å². The fourth-order valence-electron chi connectivity index (χ4n) is 4.60. The summed E-state index contributed by atoms with van der Waals surface area (Å²) in [5, 5.41) is 0. The highest BCUT2D eigenvalue weighted by Gasteiger charge is 2.44. The molecule has 2 aromatic rings. The first kappa shape index (κ1) is 18.2. The van der Waals surface area contributed by atoms with Crippen LogP contribution in [0.5, 0.6) is 0 Å². The molecule has 2 saturated heterocycles. The molecule has 3 unspecified atom stereocenters. The molecule has 2 aromatic carbocycles. The van der Waals surface area contributed by atoms with Crippen molar-refractivity contribution in [1.82, 2.24) is 15.8 Å². The predicted molar refractivity (Wildman–Crippen MR) is 107 cm³/mol. The smallest absolute Gasteiger partial charge is 0.223 e. The zero-order valence-corrected chi connectivity index (χ0v) is 15.6. The second kappa shape index (κ2) is 8.21. The Morgan fingerprint density at radius 1 is 1.04 bits per heavy atom. The van der Waals surface area contributed by atoms with Crippen LogP contribution in [0.4, 0.5) is 0 Å². The summed E-state index contributed by atoms with van der Waals surface area (Å²) in [6.45, 7) is 2.01. The van der Waals surface area contributed by atoms with Crippen molar-refractivity contribution >= 4 is 5.91 Å². The topological polar surface area (TPSA) is 70.4 Å². The van der Waals surface area contributed by atoms with Gasteiger partial charge in [0.2, 0.25) is 5.91 Å². The number of nitrogens with one attached hydrogen (secondary N) is 2. The Kier molecular flexibility index (Phi) is 5.53. The van der Waals surface area contributed by atoms with E-state index in [9.17, 15) is 4.79 Å². The van der Waals surface area contributed by atoms with Gasteiger partial charge in [0.15, 0.2) is 0 Å². The van der Waals surface area contributed by atoms with Gasteiger partial charge in [0.25, 0.3) is 0 Å². The van der Waals surface area contributed by atoms with Gasteiger partial charge in [-0.1, -0.05) is 60.7 Å². The first-order valence-electron chi connectivity index (χ1n) is 9.86. The second-order valence-corrected chi connectivity index (χ2v) is 7.55. The third-order valence-electron chi connectivity index (χ3n) is 5.94. The van der Waals surface area contributed by atoms with Gasteiger partial charge in [-0.05, 0) is 17.5 Å². The first-order valence-corrected chi connectivity index (χ1v) is 9.86. The lowest BCUT2D eigenvalue weighted by Crippen LogP contribution is -2.49. The summed E-state index contributed by atoms with van der Waals surface area (Å²) >= 11 is 0. The molecule has 27 heavy (non-hydrogen) atoms. The Morgan fingerprint density at radius 3 is 2.26 bits per heavy atom. The number of fused-ring (bicyclic) bond motifs is 1. The molecule has 0 saturated carbocycles. The second-order valence-electron chi connectivity index (χ2n) is 7.55. The van der Waals surface area contributed by atoms with Crippen LogP contribution in [-0.2, 0) is 4.79 Å². The van der Waals surface area contributed by atoms with E-state index in [1.54, 1.807) is 0 Å². The van der Waals surface area contributed by atoms with E-state index in [2.05, 4.69) is 71.5 Å². The molecule has 4 N–H and O–H groups in total. The van der Waals surface area contributed by atoms with Crippen molar-refractivity contribution in [1.29, 1.82) is 0 Å². The monoisotopic (exact) mass is 364 g/mol. The molecule has 142 valence electrons. The molecular formula is C22H28N4O. The molecule has 3 atom stereocenters. The van der Waals surface area contributed by atoms with Gasteiger partial charge in [-0.2, -0.15) is 0 Å². The lowest BCUT2D eigenvalue weighted by molar-refractivity contribution is -0.133. The molecule has 0 aromatic heterocycles. The van der Waals surface area contributed by atoms with Crippen LogP contribution in [0.25, 0.3) is 0 Å². The minimum Gasteiger partial charge on any atom is -0.342 e. The summed E-state index contributed by atoms with van der Waals surface area (Å²) in [7, 11) is 0. The van der Waals surface area contributed by atoms with E-state index >= 15 is 0 Å². The number of nitrogens with zero attached hydrogens (tertiary/aromatic N) is 1. The van der Waals surface area contributed by atoms with Gasteiger partial charge >= 0.3 is 0 Å². The maximum atomic E-state index is 12.4. The molecule has 0 spiro atoms. The average Bonchev–Trinajstić information content (AvgIpc) is 3.13. The molecule has 5 heteroatoms. The van der Waals surface area contributed by atoms with Crippen LogP contribution < -0.4 is 16.6 Å². The number of hydrogen-bond acceptors (Lipinski definition) is 4. The molecule has 0 radical (unpaired) electrons. The highest BCUT2D eigenvalue weighted by atomic mass is 16.2. The number of hydrazine groups is 1. The number of hydrogen-bond donors (Lipinski definition) is 3. The molecule has 2 aliphatic heterocycles. The summed E-state index contributed by atoms with van der Waals surface area (Å²) in [6, 6.07) is 21.9. The van der Waals surface area contributed by atoms with Crippen molar-refractivity contribution in [3.8, 4) is 0 Å². The normalized spacial score (nSPS) is 24.8. The summed E-state index contributed by atoms with van der Waals surface area (Å²) < 4.78 is 0. The maximum absolute atomic E-state index is 12.4. The number of amides is 1. The van der Waals surface area contributed by atoms with E-state index < -0.39 is 0 Å². The maximum Gasteiger partial charge on any atom is 0.223 e. The third kappa shape index (κ3) is 3.76. The van der Waals surface area contributed by atoms with Gasteiger partial charge in [0, 0.05) is 50.0 Å². The van der Waals surface area contributed by atoms with E-state index in [1.807, 2.05) is 4.90 Å². The van der Waals surface area contributed by atoms with E-state index in [4.69, 9.17) is 5.73 Å². The Morgan fingerprint density at radius 2 is 1.67 bits per heavy atom. The van der Waals surface area contributed by atoms with Crippen LogP contribution in [0.15, 0.2) is 60.7 Å². The Hall–Kier alpha value is -2.21. The third-order valence-corrected chi connectivity index (χ3v) is 5.94. The van der Waals surface area contributed by atoms with Crippen molar-refractivity contribution in [3.05, 3.63) is 71.8 Å². The zero-order valence-electron chi connectivity index (χ0n) is 15.6. The van der Waals surface area contributed by atoms with Crippen LogP contribution in [0, 0.1) is 5.92 Å². The van der Waals surface area contributed by atoms with Crippen molar-refractivity contribution < 1.29 is 4.79 Å². The highest BCUT2D eigenvalue weighted by molar-refractivity contribution is 5.76. The largest absolute Gasteiger partial charge is 0.342 e. The number of benzene rings is 2. The van der Waals surface area contributed by atoms with Gasteiger partial charge in [-0.25, -0.2) is 0 Å². The molecule has 2 aliphatic rings. The van der Waals surface area contributed by atoms with Crippen LogP contribution in [0.1, 0.15) is 29.9 Å². The molecule has 2 fully saturated rings. The van der Waals surface area contributed by atoms with E-state index in [0.29, 0.717) is 24.9 Å². The molecule has 5 nitrogen and oxygen atoms in total. The quantitative estimate of drug-likeness (QED) is 0.757. The SMILES string of the molecule is NCCC(=O)N1CCC2NNC(C(c3ccccc3)c3ccccc3)C2C1. The number of rotatable bonds is 5. The fraction of sp³-hybridized carbons (Fsp3) is 0.409. The standard InChI is InChI=1S/C22H28N4O/c23-13-11-20(27)26-14-12-19-18(15-26)22(25-24-19)21(16-7-3-1-4-8-16)17-9-5-2-6-10-17/h1-10,18-19,21-22,24-25H,11-15,23H2. The molecule has 0 bridgehead atoms. The Labute approximate surface area is 160 Å². The number of nitrogens with two attached hydrogens (primary N) is 1. The summed E-state index contributed by atoms with van der Waals surface area (Å²) in [4.78, 5) is 14.4. The zero-order chi connectivity index (χ0) is 18.6. The Balaban J connectivity index is 1.63. The van der Waals surface area contributed by atoms with Crippen LogP contribution >= 0.6 is 0 Å². The minimum absolute atomic E-state index is 0.178. The highest BCUT2D eigenvalue weighted by Crippen LogP contribution is 2.37. The van der Waals surface area contributed by atoms with Gasteiger partial charge in [0.05, 0.1) is 0 Å². The minimum atomic E-state index is 0.178. The van der Waals surface area contributed by atoms with E-state index in [1.165, 1.54) is 11.1 Å². The van der Waals surface area contributed by atoms with Gasteiger partial charge in [-0.3, -0.25) is 15.6 Å². The lowest BCUT2D eigenvalue weighted by atomic mass is 9.76. The van der Waals surface area contributed by atoms with Crippen molar-refractivity contribution in [2.75, 3.05) is 19.6 Å². The molecule has 0 aliphatic carbocycles. The Bertz CT molecular complexity index is 712. The van der Waals surface area contributed by atoms with Crippen molar-refractivity contribution in [2.24, 2.45) is 11.7 Å². The summed E-state index contributed by atoms with van der Waals surface area (Å²) in [5.74, 6) is 0.780. The molecule has 4 rings (SSSR count). The first-order chi connectivity index (χ1) is 13.3. The van der Waals surface area contributed by atoms with Crippen molar-refractivity contribution in [2.45, 2.75) is 30.8 Å². The van der Waals surface area contributed by atoms with Crippen LogP contribution in [0.2, 0.25) is 0 Å². The van der Waals surface area contributed by atoms with Gasteiger partial charge in [-0.15, -0.1) is 0 Å². The van der Waals surface area contributed by atoms with Crippen LogP contribution in [0.3, 0.4) is 0 Å².